The van der Waals surface area contributed by atoms with E-state index in [1.54, 1.807) is 0 Å². The third kappa shape index (κ3) is 2.40. The zero-order chi connectivity index (χ0) is 15.8. The van der Waals surface area contributed by atoms with E-state index in [1.807, 2.05) is 35.9 Å². The first kappa shape index (κ1) is 13.7. The van der Waals surface area contributed by atoms with Gasteiger partial charge in [0.2, 0.25) is 0 Å². The third-order valence-corrected chi connectivity index (χ3v) is 4.00. The van der Waals surface area contributed by atoms with Gasteiger partial charge < -0.3 is 0 Å². The van der Waals surface area contributed by atoms with Gasteiger partial charge >= 0.3 is 0 Å². The van der Waals surface area contributed by atoms with Crippen LogP contribution in [0.1, 0.15) is 11.4 Å². The monoisotopic (exact) mass is 299 g/mol. The lowest BCUT2D eigenvalue weighted by molar-refractivity contribution is 0.815. The number of hydrogen-bond acceptors (Lipinski definition) is 2. The van der Waals surface area contributed by atoms with Crippen molar-refractivity contribution in [3.63, 3.8) is 0 Å². The molecule has 0 aliphatic rings. The minimum absolute atomic E-state index is 0.882. The number of fused-ring (bicyclic) bond motifs is 1. The van der Waals surface area contributed by atoms with Gasteiger partial charge in [0.15, 0.2) is 5.82 Å². The Labute approximate surface area is 135 Å². The van der Waals surface area contributed by atoms with E-state index < -0.39 is 0 Å². The van der Waals surface area contributed by atoms with Crippen LogP contribution in [-0.2, 0) is 0 Å². The van der Waals surface area contributed by atoms with Crippen molar-refractivity contribution in [2.24, 2.45) is 0 Å². The molecule has 0 aliphatic heterocycles. The largest absolute Gasteiger partial charge is 0.228 e. The normalized spacial score (nSPS) is 11.0. The maximum Gasteiger partial charge on any atom is 0.162 e. The summed E-state index contributed by atoms with van der Waals surface area (Å²) in [5.41, 5.74) is 4.16. The molecule has 2 aromatic carbocycles. The van der Waals surface area contributed by atoms with Gasteiger partial charge in [-0.1, -0.05) is 54.6 Å². The quantitative estimate of drug-likeness (QED) is 0.537. The molecular weight excluding hydrogens is 282 g/mol. The Bertz CT molecular complexity index is 984. The number of aromatic nitrogens is 3. The lowest BCUT2D eigenvalue weighted by atomic mass is 10.1. The van der Waals surface area contributed by atoms with Crippen LogP contribution in [-0.4, -0.2) is 14.8 Å². The molecule has 0 saturated heterocycles. The molecule has 3 heteroatoms. The van der Waals surface area contributed by atoms with Crippen molar-refractivity contribution < 1.29 is 0 Å². The lowest BCUT2D eigenvalue weighted by Gasteiger charge is -2.11. The van der Waals surface area contributed by atoms with Gasteiger partial charge in [-0.15, -0.1) is 0 Å². The summed E-state index contributed by atoms with van der Waals surface area (Å²) in [5, 5.41) is 6.90. The topological polar surface area (TPSA) is 30.7 Å². The smallest absolute Gasteiger partial charge is 0.162 e. The summed E-state index contributed by atoms with van der Waals surface area (Å²) >= 11 is 0. The molecule has 0 radical (unpaired) electrons. The molecule has 0 aliphatic carbocycles. The van der Waals surface area contributed by atoms with E-state index in [1.165, 1.54) is 5.39 Å². The zero-order valence-corrected chi connectivity index (χ0v) is 13.2. The average molecular weight is 299 g/mol. The Morgan fingerprint density at radius 1 is 0.826 bits per heavy atom. The Hall–Kier alpha value is -2.94. The van der Waals surface area contributed by atoms with Gasteiger partial charge in [-0.2, -0.15) is 5.10 Å². The van der Waals surface area contributed by atoms with E-state index in [4.69, 9.17) is 4.98 Å². The Morgan fingerprint density at radius 2 is 1.57 bits per heavy atom. The van der Waals surface area contributed by atoms with Crippen molar-refractivity contribution in [3.8, 4) is 17.1 Å². The van der Waals surface area contributed by atoms with Crippen molar-refractivity contribution >= 4 is 10.8 Å². The molecule has 4 aromatic rings. The lowest BCUT2D eigenvalue weighted by Crippen LogP contribution is -2.04. The molecule has 4 rings (SSSR count). The van der Waals surface area contributed by atoms with Crippen LogP contribution in [0.15, 0.2) is 66.7 Å². The fourth-order valence-electron chi connectivity index (χ4n) is 2.94. The van der Waals surface area contributed by atoms with Crippen molar-refractivity contribution in [1.29, 1.82) is 0 Å². The van der Waals surface area contributed by atoms with Gasteiger partial charge in [-0.25, -0.2) is 9.67 Å². The number of aryl methyl sites for hydroxylation is 2. The number of rotatable bonds is 2. The Balaban J connectivity index is 2.04. The first-order valence-electron chi connectivity index (χ1n) is 7.71. The van der Waals surface area contributed by atoms with E-state index in [0.29, 0.717) is 0 Å². The molecule has 23 heavy (non-hydrogen) atoms. The molecule has 0 amide bonds. The first-order chi connectivity index (χ1) is 11.2. The maximum absolute atomic E-state index is 4.92. The van der Waals surface area contributed by atoms with E-state index in [0.717, 1.165) is 33.8 Å². The maximum atomic E-state index is 4.92. The number of pyridine rings is 1. The fourth-order valence-corrected chi connectivity index (χ4v) is 2.94. The van der Waals surface area contributed by atoms with Crippen LogP contribution in [0.4, 0.5) is 0 Å². The second-order valence-electron chi connectivity index (χ2n) is 5.76. The van der Waals surface area contributed by atoms with E-state index in [9.17, 15) is 0 Å². The molecule has 2 aromatic heterocycles. The highest BCUT2D eigenvalue weighted by Gasteiger charge is 2.12. The number of nitrogens with zero attached hydrogens (tertiary/aromatic N) is 3. The second-order valence-corrected chi connectivity index (χ2v) is 5.76. The zero-order valence-electron chi connectivity index (χ0n) is 13.2. The summed E-state index contributed by atoms with van der Waals surface area (Å²) in [4.78, 5) is 4.92. The first-order valence-corrected chi connectivity index (χ1v) is 7.71. The highest BCUT2D eigenvalue weighted by molar-refractivity contribution is 5.91. The highest BCUT2D eigenvalue weighted by Crippen LogP contribution is 2.27. The van der Waals surface area contributed by atoms with E-state index in [2.05, 4.69) is 54.5 Å². The van der Waals surface area contributed by atoms with Crippen molar-refractivity contribution in [2.75, 3.05) is 0 Å². The summed E-state index contributed by atoms with van der Waals surface area (Å²) in [5.74, 6) is 0.882. The van der Waals surface area contributed by atoms with Crippen molar-refractivity contribution in [2.45, 2.75) is 13.8 Å². The van der Waals surface area contributed by atoms with E-state index in [-0.39, 0.29) is 0 Å². The molecule has 3 nitrogen and oxygen atoms in total. The Kier molecular flexibility index (Phi) is 3.19. The van der Waals surface area contributed by atoms with Crippen molar-refractivity contribution in [1.82, 2.24) is 14.8 Å². The summed E-state index contributed by atoms with van der Waals surface area (Å²) in [6.07, 6.45) is 0. The van der Waals surface area contributed by atoms with Gasteiger partial charge in [0.25, 0.3) is 0 Å². The molecule has 0 saturated carbocycles. The third-order valence-electron chi connectivity index (χ3n) is 4.00. The number of hydrogen-bond donors (Lipinski definition) is 0. The Morgan fingerprint density at radius 3 is 2.30 bits per heavy atom. The molecule has 0 unspecified atom stereocenters. The predicted octanol–water partition coefficient (Wildman–Crippen LogP) is 4.70. The SMILES string of the molecule is Cc1cc(C)n(-c2nc(-c3ccccc3)cc3ccccc23)n1. The molecule has 0 spiro atoms. The summed E-state index contributed by atoms with van der Waals surface area (Å²) in [6, 6.07) is 22.8. The summed E-state index contributed by atoms with van der Waals surface area (Å²) in [6.45, 7) is 4.07. The van der Waals surface area contributed by atoms with Crippen LogP contribution in [0, 0.1) is 13.8 Å². The van der Waals surface area contributed by atoms with Gasteiger partial charge in [0.1, 0.15) is 0 Å². The molecule has 0 atom stereocenters. The fraction of sp³-hybridized carbons (Fsp3) is 0.100. The molecule has 112 valence electrons. The molecule has 0 N–H and O–H groups in total. The van der Waals surface area contributed by atoms with Gasteiger partial charge in [0, 0.05) is 16.6 Å². The van der Waals surface area contributed by atoms with Crippen LogP contribution in [0.5, 0.6) is 0 Å². The second kappa shape index (κ2) is 5.36. The molecule has 0 fully saturated rings. The van der Waals surface area contributed by atoms with E-state index >= 15 is 0 Å². The van der Waals surface area contributed by atoms with Crippen LogP contribution in [0.25, 0.3) is 27.8 Å². The van der Waals surface area contributed by atoms with Crippen LogP contribution in [0.2, 0.25) is 0 Å². The standard InChI is InChI=1S/C20H17N3/c1-14-12-15(2)23(22-14)20-18-11-7-6-10-17(18)13-19(21-20)16-8-4-3-5-9-16/h3-13H,1-2H3. The van der Waals surface area contributed by atoms with Crippen LogP contribution in [0.3, 0.4) is 0 Å². The summed E-state index contributed by atoms with van der Waals surface area (Å²) < 4.78 is 1.93. The highest BCUT2D eigenvalue weighted by atomic mass is 15.3. The predicted molar refractivity (Wildman–Crippen MR) is 93.8 cm³/mol. The van der Waals surface area contributed by atoms with Crippen molar-refractivity contribution in [3.05, 3.63) is 78.1 Å². The van der Waals surface area contributed by atoms with Crippen LogP contribution < -0.4 is 0 Å². The minimum atomic E-state index is 0.882. The molecular formula is C20H17N3. The summed E-state index contributed by atoms with van der Waals surface area (Å²) in [7, 11) is 0. The van der Waals surface area contributed by atoms with Gasteiger partial charge in [-0.3, -0.25) is 0 Å². The molecule has 0 bridgehead atoms. The van der Waals surface area contributed by atoms with Gasteiger partial charge in [0.05, 0.1) is 11.4 Å². The molecule has 2 heterocycles. The number of benzene rings is 2. The average Bonchev–Trinajstić information content (AvgIpc) is 2.93. The van der Waals surface area contributed by atoms with Gasteiger partial charge in [-0.05, 0) is 31.4 Å². The minimum Gasteiger partial charge on any atom is -0.228 e. The van der Waals surface area contributed by atoms with Crippen LogP contribution >= 0.6 is 0 Å².